The first kappa shape index (κ1) is 13.8. The van der Waals surface area contributed by atoms with E-state index in [1.165, 1.54) is 11.9 Å². The van der Waals surface area contributed by atoms with Crippen LogP contribution in [0.3, 0.4) is 0 Å². The summed E-state index contributed by atoms with van der Waals surface area (Å²) >= 11 is 0. The fourth-order valence-corrected chi connectivity index (χ4v) is 1.46. The molecule has 17 heavy (non-hydrogen) atoms. The Hall–Kier alpha value is -1.30. The molecule has 1 saturated heterocycles. The minimum Gasteiger partial charge on any atom is -0.444 e. The Balaban J connectivity index is 2.55. The van der Waals surface area contributed by atoms with Crippen LogP contribution in [-0.4, -0.2) is 55.3 Å². The van der Waals surface area contributed by atoms with Crippen molar-refractivity contribution in [2.24, 2.45) is 0 Å². The standard InChI is InChI=1S/C11H20N2O4/c1-11(2,3)17-10(15)13-5-6-16-8(7-13)9(14)12-4/h8H,5-7H2,1-4H3,(H,12,14)/t8-/m0/s1. The van der Waals surface area contributed by atoms with E-state index in [2.05, 4.69) is 5.32 Å². The van der Waals surface area contributed by atoms with Gasteiger partial charge in [-0.05, 0) is 20.8 Å². The van der Waals surface area contributed by atoms with Gasteiger partial charge in [-0.25, -0.2) is 4.79 Å². The van der Waals surface area contributed by atoms with Crippen LogP contribution in [0, 0.1) is 0 Å². The van der Waals surface area contributed by atoms with Crippen molar-refractivity contribution in [1.29, 1.82) is 0 Å². The Morgan fingerprint density at radius 3 is 2.59 bits per heavy atom. The van der Waals surface area contributed by atoms with E-state index in [-0.39, 0.29) is 12.5 Å². The maximum atomic E-state index is 11.8. The molecule has 1 aliphatic heterocycles. The molecule has 0 aromatic heterocycles. The molecule has 6 nitrogen and oxygen atoms in total. The van der Waals surface area contributed by atoms with E-state index in [1.54, 1.807) is 0 Å². The van der Waals surface area contributed by atoms with Gasteiger partial charge in [0.1, 0.15) is 5.60 Å². The molecule has 1 fully saturated rings. The summed E-state index contributed by atoms with van der Waals surface area (Å²) < 4.78 is 10.5. The topological polar surface area (TPSA) is 67.9 Å². The predicted molar refractivity (Wildman–Crippen MR) is 61.6 cm³/mol. The quantitative estimate of drug-likeness (QED) is 0.723. The van der Waals surface area contributed by atoms with Crippen LogP contribution in [0.2, 0.25) is 0 Å². The summed E-state index contributed by atoms with van der Waals surface area (Å²) in [6.45, 7) is 6.44. The second kappa shape index (κ2) is 5.35. The summed E-state index contributed by atoms with van der Waals surface area (Å²) in [5.41, 5.74) is -0.530. The molecule has 2 amide bonds. The van der Waals surface area contributed by atoms with Gasteiger partial charge in [-0.3, -0.25) is 4.79 Å². The fraction of sp³-hybridized carbons (Fsp3) is 0.818. The zero-order valence-electron chi connectivity index (χ0n) is 10.8. The highest BCUT2D eigenvalue weighted by molar-refractivity contribution is 5.81. The van der Waals surface area contributed by atoms with E-state index in [4.69, 9.17) is 9.47 Å². The average molecular weight is 244 g/mol. The van der Waals surface area contributed by atoms with Gasteiger partial charge < -0.3 is 19.7 Å². The van der Waals surface area contributed by atoms with Gasteiger partial charge in [0.15, 0.2) is 6.10 Å². The predicted octanol–water partition coefficient (Wildman–Crippen LogP) is 0.368. The summed E-state index contributed by atoms with van der Waals surface area (Å²) in [4.78, 5) is 24.7. The van der Waals surface area contributed by atoms with E-state index >= 15 is 0 Å². The van der Waals surface area contributed by atoms with Crippen LogP contribution in [0.25, 0.3) is 0 Å². The average Bonchev–Trinajstić information content (AvgIpc) is 2.26. The van der Waals surface area contributed by atoms with Gasteiger partial charge in [0.2, 0.25) is 0 Å². The summed E-state index contributed by atoms with van der Waals surface area (Å²) in [5, 5.41) is 2.50. The second-order valence-corrected chi connectivity index (χ2v) is 4.90. The molecule has 0 radical (unpaired) electrons. The van der Waals surface area contributed by atoms with Crippen LogP contribution < -0.4 is 5.32 Å². The lowest BCUT2D eigenvalue weighted by Crippen LogP contribution is -2.52. The third kappa shape index (κ3) is 4.22. The third-order valence-electron chi connectivity index (χ3n) is 2.26. The Morgan fingerprint density at radius 1 is 1.41 bits per heavy atom. The Labute approximate surface area is 101 Å². The van der Waals surface area contributed by atoms with Crippen LogP contribution in [0.1, 0.15) is 20.8 Å². The van der Waals surface area contributed by atoms with Crippen LogP contribution in [0.15, 0.2) is 0 Å². The summed E-state index contributed by atoms with van der Waals surface area (Å²) in [5.74, 6) is -0.224. The van der Waals surface area contributed by atoms with Crippen molar-refractivity contribution in [3.05, 3.63) is 0 Å². The molecular weight excluding hydrogens is 224 g/mol. The fourth-order valence-electron chi connectivity index (χ4n) is 1.46. The largest absolute Gasteiger partial charge is 0.444 e. The lowest BCUT2D eigenvalue weighted by atomic mass is 10.2. The first-order valence-corrected chi connectivity index (χ1v) is 5.64. The Morgan fingerprint density at radius 2 is 2.06 bits per heavy atom. The maximum Gasteiger partial charge on any atom is 0.410 e. The number of morpholine rings is 1. The molecule has 1 aliphatic rings. The first-order valence-electron chi connectivity index (χ1n) is 5.64. The molecule has 0 aromatic carbocycles. The summed E-state index contributed by atoms with van der Waals surface area (Å²) in [7, 11) is 1.54. The maximum absolute atomic E-state index is 11.8. The van der Waals surface area contributed by atoms with Gasteiger partial charge in [-0.2, -0.15) is 0 Å². The molecule has 1 rings (SSSR count). The molecule has 0 saturated carbocycles. The highest BCUT2D eigenvalue weighted by atomic mass is 16.6. The zero-order valence-corrected chi connectivity index (χ0v) is 10.8. The van der Waals surface area contributed by atoms with Gasteiger partial charge in [0, 0.05) is 13.6 Å². The van der Waals surface area contributed by atoms with Crippen molar-refractivity contribution in [1.82, 2.24) is 10.2 Å². The number of nitrogens with zero attached hydrogens (tertiary/aromatic N) is 1. The summed E-state index contributed by atoms with van der Waals surface area (Å²) in [6, 6.07) is 0. The molecule has 0 aliphatic carbocycles. The number of rotatable bonds is 1. The van der Waals surface area contributed by atoms with Crippen LogP contribution in [0.5, 0.6) is 0 Å². The van der Waals surface area contributed by atoms with Crippen molar-refractivity contribution in [2.75, 3.05) is 26.7 Å². The lowest BCUT2D eigenvalue weighted by molar-refractivity contribution is -0.137. The van der Waals surface area contributed by atoms with Crippen molar-refractivity contribution in [3.8, 4) is 0 Å². The second-order valence-electron chi connectivity index (χ2n) is 4.90. The van der Waals surface area contributed by atoms with Crippen molar-refractivity contribution < 1.29 is 19.1 Å². The van der Waals surface area contributed by atoms with Gasteiger partial charge in [0.25, 0.3) is 5.91 Å². The number of amides is 2. The number of hydrogen-bond acceptors (Lipinski definition) is 4. The SMILES string of the molecule is CNC(=O)[C@@H]1CN(C(=O)OC(C)(C)C)CCO1. The van der Waals surface area contributed by atoms with E-state index in [0.29, 0.717) is 13.2 Å². The molecule has 0 unspecified atom stereocenters. The van der Waals surface area contributed by atoms with E-state index in [1.807, 2.05) is 20.8 Å². The highest BCUT2D eigenvalue weighted by Crippen LogP contribution is 2.13. The molecule has 0 spiro atoms. The molecular formula is C11H20N2O4. The van der Waals surface area contributed by atoms with Crippen LogP contribution in [0.4, 0.5) is 4.79 Å². The molecule has 0 bridgehead atoms. The number of carbonyl (C=O) groups excluding carboxylic acids is 2. The lowest BCUT2D eigenvalue weighted by Gasteiger charge is -2.33. The van der Waals surface area contributed by atoms with Crippen LogP contribution >= 0.6 is 0 Å². The molecule has 6 heteroatoms. The van der Waals surface area contributed by atoms with Gasteiger partial charge in [0.05, 0.1) is 13.2 Å². The highest BCUT2D eigenvalue weighted by Gasteiger charge is 2.31. The normalized spacial score (nSPS) is 20.9. The Bertz CT molecular complexity index is 298. The molecule has 0 aromatic rings. The van der Waals surface area contributed by atoms with Gasteiger partial charge in [-0.1, -0.05) is 0 Å². The number of likely N-dealkylation sites (N-methyl/N-ethyl adjacent to an activating group) is 1. The molecule has 98 valence electrons. The van der Waals surface area contributed by atoms with Gasteiger partial charge in [-0.15, -0.1) is 0 Å². The van der Waals surface area contributed by atoms with E-state index < -0.39 is 17.8 Å². The first-order chi connectivity index (χ1) is 7.83. The van der Waals surface area contributed by atoms with Crippen LogP contribution in [-0.2, 0) is 14.3 Å². The molecule has 1 atom stereocenters. The number of nitrogens with one attached hydrogen (secondary N) is 1. The van der Waals surface area contributed by atoms with E-state index in [0.717, 1.165) is 0 Å². The minimum absolute atomic E-state index is 0.224. The van der Waals surface area contributed by atoms with Crippen molar-refractivity contribution >= 4 is 12.0 Å². The monoisotopic (exact) mass is 244 g/mol. The van der Waals surface area contributed by atoms with Crippen molar-refractivity contribution in [3.63, 3.8) is 0 Å². The number of ether oxygens (including phenoxy) is 2. The molecule has 1 N–H and O–H groups in total. The van der Waals surface area contributed by atoms with Gasteiger partial charge >= 0.3 is 6.09 Å². The Kier molecular flexibility index (Phi) is 4.34. The van der Waals surface area contributed by atoms with Crippen molar-refractivity contribution in [2.45, 2.75) is 32.5 Å². The zero-order chi connectivity index (χ0) is 13.1. The smallest absolute Gasteiger partial charge is 0.410 e. The third-order valence-corrected chi connectivity index (χ3v) is 2.26. The minimum atomic E-state index is -0.610. The number of carbonyl (C=O) groups is 2. The molecule has 1 heterocycles. The summed E-state index contributed by atoms with van der Waals surface area (Å²) in [6.07, 6.45) is -1.02. The van der Waals surface area contributed by atoms with E-state index in [9.17, 15) is 9.59 Å². The number of hydrogen-bond donors (Lipinski definition) is 1.